The van der Waals surface area contributed by atoms with Crippen molar-refractivity contribution in [3.63, 3.8) is 0 Å². The molecule has 46 heavy (non-hydrogen) atoms. The van der Waals surface area contributed by atoms with Crippen molar-refractivity contribution in [2.24, 2.45) is 9.98 Å². The van der Waals surface area contributed by atoms with E-state index in [0.717, 1.165) is 0 Å². The van der Waals surface area contributed by atoms with Gasteiger partial charge < -0.3 is 15.5 Å². The molecule has 5 fully saturated rings. The van der Waals surface area contributed by atoms with Crippen LogP contribution >= 0.6 is 7.92 Å². The van der Waals surface area contributed by atoms with Crippen molar-refractivity contribution in [2.45, 2.75) is 216 Å². The van der Waals surface area contributed by atoms with E-state index in [-0.39, 0.29) is 10.7 Å². The maximum absolute atomic E-state index is 5.93. The standard InChI is InChI=1S/C40H66N5P/c1-39(2,3)46-37(42-31-21-11-5-12-22-31)35(38(46)43-32-23-13-6-14-24-32)45(33-25-15-7-16-26-33)36-34(41-30-19-9-4-10-20-30)29-40(44-36)27-17-8-18-28-40/h29-33,41-42H,4-28H2,1-3H3. The predicted molar refractivity (Wildman–Crippen MR) is 198 cm³/mol. The highest BCUT2D eigenvalue weighted by Crippen LogP contribution is 2.67. The van der Waals surface area contributed by atoms with E-state index in [1.165, 1.54) is 183 Å². The first kappa shape index (κ1) is 33.2. The first-order valence-corrected chi connectivity index (χ1v) is 21.5. The minimum atomic E-state index is -0.494. The van der Waals surface area contributed by atoms with Gasteiger partial charge in [0.05, 0.1) is 33.9 Å². The Kier molecular flexibility index (Phi) is 10.6. The molecule has 2 N–H and O–H groups in total. The molecule has 1 spiro atoms. The quantitative estimate of drug-likeness (QED) is 0.270. The molecular formula is C40H66N5P. The Labute approximate surface area is 283 Å². The topological polar surface area (TPSA) is 52.0 Å². The van der Waals surface area contributed by atoms with Crippen LogP contribution in [0.4, 0.5) is 0 Å². The Morgan fingerprint density at radius 3 is 1.80 bits per heavy atom. The first-order valence-electron chi connectivity index (χ1n) is 20.2. The summed E-state index contributed by atoms with van der Waals surface area (Å²) >= 11 is 0. The van der Waals surface area contributed by atoms with Gasteiger partial charge in [-0.3, -0.25) is 9.98 Å². The van der Waals surface area contributed by atoms with Gasteiger partial charge in [-0.2, -0.15) is 0 Å². The average molecular weight is 648 g/mol. The lowest BCUT2D eigenvalue weighted by Crippen LogP contribution is -2.52. The second-order valence-corrected chi connectivity index (χ2v) is 20.1. The molecule has 0 radical (unpaired) electrons. The van der Waals surface area contributed by atoms with Crippen LogP contribution in [-0.4, -0.2) is 51.1 Å². The molecule has 7 rings (SSSR count). The van der Waals surface area contributed by atoms with Gasteiger partial charge in [0, 0.05) is 26.0 Å². The highest BCUT2D eigenvalue weighted by molar-refractivity contribution is 7.83. The van der Waals surface area contributed by atoms with Crippen LogP contribution in [0.25, 0.3) is 0 Å². The average Bonchev–Trinajstić information content (AvgIpc) is 3.40. The fourth-order valence-electron chi connectivity index (χ4n) is 9.93. The van der Waals surface area contributed by atoms with Crippen LogP contribution in [0.3, 0.4) is 0 Å². The molecule has 5 saturated carbocycles. The maximum Gasteiger partial charge on any atom is 0.152 e. The van der Waals surface area contributed by atoms with Crippen LogP contribution in [0.2, 0.25) is 0 Å². The molecule has 2 aliphatic heterocycles. The van der Waals surface area contributed by atoms with E-state index in [0.29, 0.717) is 24.2 Å². The fourth-order valence-corrected chi connectivity index (χ4v) is 12.7. The predicted octanol–water partition coefficient (Wildman–Crippen LogP) is 10.7. The zero-order valence-corrected chi connectivity index (χ0v) is 30.7. The Morgan fingerprint density at radius 1 is 0.696 bits per heavy atom. The van der Waals surface area contributed by atoms with Crippen molar-refractivity contribution in [2.75, 3.05) is 0 Å². The number of allylic oxidation sites excluding steroid dienone is 1. The first-order chi connectivity index (χ1) is 22.4. The second-order valence-electron chi connectivity index (χ2n) is 17.2. The molecule has 5 aliphatic carbocycles. The van der Waals surface area contributed by atoms with Crippen molar-refractivity contribution in [3.8, 4) is 0 Å². The smallest absolute Gasteiger partial charge is 0.152 e. The molecule has 7 aliphatic rings. The number of aliphatic imine (C=N–C) groups is 2. The Morgan fingerprint density at radius 2 is 1.22 bits per heavy atom. The zero-order valence-electron chi connectivity index (χ0n) is 29.9. The van der Waals surface area contributed by atoms with Crippen molar-refractivity contribution in [3.05, 3.63) is 22.9 Å². The van der Waals surface area contributed by atoms with Gasteiger partial charge in [0.1, 0.15) is 0 Å². The van der Waals surface area contributed by atoms with Crippen LogP contribution in [0.1, 0.15) is 181 Å². The molecule has 5 nitrogen and oxygen atoms in total. The lowest BCUT2D eigenvalue weighted by molar-refractivity contribution is 0.284. The zero-order chi connectivity index (χ0) is 31.6. The third-order valence-electron chi connectivity index (χ3n) is 12.4. The van der Waals surface area contributed by atoms with E-state index in [1.54, 1.807) is 5.44 Å². The van der Waals surface area contributed by atoms with Gasteiger partial charge in [-0.25, -0.2) is 0 Å². The van der Waals surface area contributed by atoms with E-state index < -0.39 is 7.92 Å². The van der Waals surface area contributed by atoms with Crippen LogP contribution in [-0.2, 0) is 0 Å². The van der Waals surface area contributed by atoms with Crippen LogP contribution in [0.15, 0.2) is 32.9 Å². The van der Waals surface area contributed by atoms with E-state index >= 15 is 0 Å². The summed E-state index contributed by atoms with van der Waals surface area (Å²) in [7, 11) is -0.494. The third-order valence-corrected chi connectivity index (χ3v) is 15.3. The Bertz CT molecular complexity index is 1160. The van der Waals surface area contributed by atoms with Crippen molar-refractivity contribution in [1.29, 1.82) is 0 Å². The Balaban J connectivity index is 1.35. The molecule has 2 heterocycles. The monoisotopic (exact) mass is 648 g/mol. The van der Waals surface area contributed by atoms with Gasteiger partial charge in [-0.05, 0) is 75.4 Å². The van der Waals surface area contributed by atoms with E-state index in [2.05, 4.69) is 42.4 Å². The molecule has 1 atom stereocenters. The van der Waals surface area contributed by atoms with Crippen LogP contribution in [0.5, 0.6) is 0 Å². The Hall–Kier alpha value is -1.35. The molecule has 0 bridgehead atoms. The lowest BCUT2D eigenvalue weighted by Gasteiger charge is -2.51. The summed E-state index contributed by atoms with van der Waals surface area (Å²) in [4.78, 5) is 14.7. The number of nitrogens with one attached hydrogen (secondary N) is 2. The summed E-state index contributed by atoms with van der Waals surface area (Å²) in [5.41, 5.74) is 5.94. The van der Waals surface area contributed by atoms with E-state index in [1.807, 2.05) is 0 Å². The number of rotatable bonds is 7. The van der Waals surface area contributed by atoms with Gasteiger partial charge in [-0.1, -0.05) is 117 Å². The summed E-state index contributed by atoms with van der Waals surface area (Å²) in [6.45, 7) is 7.50. The fraction of sp³-hybridized carbons (Fsp3) is 0.850. The number of nitrogens with zero attached hydrogens (tertiary/aromatic N) is 3. The van der Waals surface area contributed by atoms with Gasteiger partial charge in [0.2, 0.25) is 0 Å². The highest BCUT2D eigenvalue weighted by Gasteiger charge is 2.51. The SMILES string of the molecule is CC(C)(C)P1C(=NC2CCCCC2)C(N(C2=NC3(C=C2NC2CCCCC2)CCCCC3)C2CCCCC2)=C1NC1CCCCC1. The molecule has 1 unspecified atom stereocenters. The van der Waals surface area contributed by atoms with Crippen LogP contribution < -0.4 is 10.6 Å². The molecule has 0 aromatic heterocycles. The van der Waals surface area contributed by atoms with Gasteiger partial charge in [0.25, 0.3) is 0 Å². The highest BCUT2D eigenvalue weighted by atomic mass is 31.1. The van der Waals surface area contributed by atoms with Gasteiger partial charge in [0.15, 0.2) is 5.84 Å². The molecule has 6 heteroatoms. The largest absolute Gasteiger partial charge is 0.380 e. The minimum Gasteiger partial charge on any atom is -0.380 e. The minimum absolute atomic E-state index is 0.00575. The summed E-state index contributed by atoms with van der Waals surface area (Å²) in [6, 6.07) is 2.23. The van der Waals surface area contributed by atoms with Crippen molar-refractivity contribution < 1.29 is 0 Å². The van der Waals surface area contributed by atoms with E-state index in [9.17, 15) is 0 Å². The molecule has 0 aromatic rings. The summed E-state index contributed by atoms with van der Waals surface area (Å²) in [5.74, 6) is 1.30. The summed E-state index contributed by atoms with van der Waals surface area (Å²) in [6.07, 6.45) is 35.9. The van der Waals surface area contributed by atoms with Gasteiger partial charge >= 0.3 is 0 Å². The molecule has 0 aromatic carbocycles. The normalized spacial score (nSPS) is 29.9. The van der Waals surface area contributed by atoms with Gasteiger partial charge in [-0.15, -0.1) is 0 Å². The number of hydrogen-bond donors (Lipinski definition) is 2. The number of amidine groups is 1. The molecule has 0 amide bonds. The van der Waals surface area contributed by atoms with Crippen molar-refractivity contribution >= 4 is 19.2 Å². The molecule has 0 saturated heterocycles. The van der Waals surface area contributed by atoms with E-state index in [4.69, 9.17) is 9.98 Å². The maximum atomic E-state index is 5.93. The third kappa shape index (κ3) is 7.30. The molecular weight excluding hydrogens is 581 g/mol. The van der Waals surface area contributed by atoms with Crippen molar-refractivity contribution in [1.82, 2.24) is 15.5 Å². The summed E-state index contributed by atoms with van der Waals surface area (Å²) < 4.78 is 0. The lowest BCUT2D eigenvalue weighted by atomic mass is 9.82. The number of hydrogen-bond acceptors (Lipinski definition) is 5. The van der Waals surface area contributed by atoms with Crippen LogP contribution in [0, 0.1) is 0 Å². The molecule has 256 valence electrons. The second kappa shape index (κ2) is 14.6. The summed E-state index contributed by atoms with van der Waals surface area (Å²) in [5, 5.41) is 8.73.